The Kier molecular flexibility index (Phi) is 3.49. The molecule has 3 nitrogen and oxygen atoms in total. The fraction of sp³-hybridized carbons (Fsp3) is 0.375. The highest BCUT2D eigenvalue weighted by Gasteiger charge is 2.20. The van der Waals surface area contributed by atoms with Gasteiger partial charge in [-0.05, 0) is 56.5 Å². The molecule has 1 heterocycles. The van der Waals surface area contributed by atoms with Crippen molar-refractivity contribution in [3.63, 3.8) is 0 Å². The van der Waals surface area contributed by atoms with Crippen molar-refractivity contribution in [3.05, 3.63) is 47.0 Å². The van der Waals surface area contributed by atoms with Gasteiger partial charge < -0.3 is 5.32 Å². The van der Waals surface area contributed by atoms with Crippen molar-refractivity contribution in [2.24, 2.45) is 0 Å². The second kappa shape index (κ2) is 5.29. The fourth-order valence-electron chi connectivity index (χ4n) is 2.17. The maximum Gasteiger partial charge on any atom is 0.159 e. The van der Waals surface area contributed by atoms with Crippen molar-refractivity contribution < 1.29 is 4.39 Å². The average Bonchev–Trinajstić information content (AvgIpc) is 3.23. The van der Waals surface area contributed by atoms with Gasteiger partial charge in [0.25, 0.3) is 0 Å². The fourth-order valence-corrected chi connectivity index (χ4v) is 2.17. The average molecular weight is 271 g/mol. The van der Waals surface area contributed by atoms with E-state index >= 15 is 0 Å². The highest BCUT2D eigenvalue weighted by Crippen LogP contribution is 2.21. The van der Waals surface area contributed by atoms with E-state index in [0.29, 0.717) is 17.4 Å². The molecule has 1 aliphatic carbocycles. The number of hydrogen-bond donors (Lipinski definition) is 1. The maximum atomic E-state index is 13.3. The topological polar surface area (TPSA) is 37.8 Å². The molecule has 0 spiro atoms. The number of benzene rings is 1. The van der Waals surface area contributed by atoms with Crippen molar-refractivity contribution in [1.82, 2.24) is 15.3 Å². The number of nitrogens with zero attached hydrogens (tertiary/aromatic N) is 2. The Labute approximate surface area is 118 Å². The van der Waals surface area contributed by atoms with Crippen LogP contribution in [0.1, 0.15) is 29.8 Å². The van der Waals surface area contributed by atoms with Gasteiger partial charge in [0.15, 0.2) is 5.82 Å². The zero-order valence-corrected chi connectivity index (χ0v) is 11.8. The number of aromatic nitrogens is 2. The molecule has 1 aromatic carbocycles. The Balaban J connectivity index is 1.88. The number of hydrogen-bond acceptors (Lipinski definition) is 3. The molecule has 0 aliphatic heterocycles. The number of rotatable bonds is 4. The third-order valence-electron chi connectivity index (χ3n) is 3.47. The van der Waals surface area contributed by atoms with Crippen LogP contribution >= 0.6 is 0 Å². The molecular formula is C16H18FN3. The van der Waals surface area contributed by atoms with Crippen molar-refractivity contribution in [3.8, 4) is 11.4 Å². The van der Waals surface area contributed by atoms with E-state index < -0.39 is 0 Å². The summed E-state index contributed by atoms with van der Waals surface area (Å²) >= 11 is 0. The monoisotopic (exact) mass is 271 g/mol. The van der Waals surface area contributed by atoms with E-state index in [4.69, 9.17) is 0 Å². The third kappa shape index (κ3) is 3.02. The van der Waals surface area contributed by atoms with Crippen LogP contribution in [-0.2, 0) is 6.54 Å². The normalized spacial score (nSPS) is 14.6. The highest BCUT2D eigenvalue weighted by molar-refractivity contribution is 5.56. The van der Waals surface area contributed by atoms with Crippen molar-refractivity contribution in [2.45, 2.75) is 39.3 Å². The van der Waals surface area contributed by atoms with Crippen LogP contribution in [0.5, 0.6) is 0 Å². The van der Waals surface area contributed by atoms with Crippen LogP contribution in [-0.4, -0.2) is 16.0 Å². The molecule has 20 heavy (non-hydrogen) atoms. The molecule has 1 aromatic heterocycles. The molecule has 1 aliphatic rings. The molecule has 1 saturated carbocycles. The van der Waals surface area contributed by atoms with Gasteiger partial charge >= 0.3 is 0 Å². The molecule has 1 fully saturated rings. The zero-order chi connectivity index (χ0) is 14.1. The minimum Gasteiger partial charge on any atom is -0.308 e. The van der Waals surface area contributed by atoms with Crippen molar-refractivity contribution in [1.29, 1.82) is 0 Å². The summed E-state index contributed by atoms with van der Waals surface area (Å²) in [5.74, 6) is 0.470. The van der Waals surface area contributed by atoms with E-state index in [1.807, 2.05) is 13.0 Å². The molecule has 1 N–H and O–H groups in total. The Morgan fingerprint density at radius 1 is 1.20 bits per heavy atom. The maximum absolute atomic E-state index is 13.3. The quantitative estimate of drug-likeness (QED) is 0.928. The Hall–Kier alpha value is -1.81. The summed E-state index contributed by atoms with van der Waals surface area (Å²) in [5, 5.41) is 3.45. The second-order valence-electron chi connectivity index (χ2n) is 5.44. The molecule has 104 valence electrons. The van der Waals surface area contributed by atoms with Crippen LogP contribution in [0.3, 0.4) is 0 Å². The third-order valence-corrected chi connectivity index (χ3v) is 3.47. The summed E-state index contributed by atoms with van der Waals surface area (Å²) in [4.78, 5) is 9.03. The summed E-state index contributed by atoms with van der Waals surface area (Å²) < 4.78 is 13.3. The van der Waals surface area contributed by atoms with Crippen molar-refractivity contribution in [2.75, 3.05) is 0 Å². The van der Waals surface area contributed by atoms with Crippen LogP contribution < -0.4 is 5.32 Å². The van der Waals surface area contributed by atoms with Gasteiger partial charge in [0, 0.05) is 23.8 Å². The van der Waals surface area contributed by atoms with Crippen LogP contribution in [0.25, 0.3) is 11.4 Å². The van der Waals surface area contributed by atoms with E-state index in [1.165, 1.54) is 18.9 Å². The molecule has 0 unspecified atom stereocenters. The molecule has 0 amide bonds. The van der Waals surface area contributed by atoms with Gasteiger partial charge in [0.2, 0.25) is 0 Å². The minimum absolute atomic E-state index is 0.197. The molecule has 4 heteroatoms. The summed E-state index contributed by atoms with van der Waals surface area (Å²) in [6.45, 7) is 4.48. The van der Waals surface area contributed by atoms with Gasteiger partial charge in [0.05, 0.1) is 5.69 Å². The van der Waals surface area contributed by atoms with Gasteiger partial charge in [0.1, 0.15) is 5.82 Å². The highest BCUT2D eigenvalue weighted by atomic mass is 19.1. The first-order valence-electron chi connectivity index (χ1n) is 6.96. The van der Waals surface area contributed by atoms with Crippen LogP contribution in [0, 0.1) is 19.7 Å². The SMILES string of the molecule is Cc1cc(CNC2CC2)nc(-c2ccc(F)c(C)c2)n1. The summed E-state index contributed by atoms with van der Waals surface area (Å²) in [5.41, 5.74) is 3.40. The lowest BCUT2D eigenvalue weighted by Gasteiger charge is -2.08. The summed E-state index contributed by atoms with van der Waals surface area (Å²) in [6, 6.07) is 7.65. The molecule has 0 radical (unpaired) electrons. The predicted molar refractivity (Wildman–Crippen MR) is 76.8 cm³/mol. The molecule has 0 bridgehead atoms. The number of nitrogens with one attached hydrogen (secondary N) is 1. The van der Waals surface area contributed by atoms with Gasteiger partial charge in [-0.25, -0.2) is 14.4 Å². The molecular weight excluding hydrogens is 253 g/mol. The van der Waals surface area contributed by atoms with Crippen LogP contribution in [0.4, 0.5) is 4.39 Å². The van der Waals surface area contributed by atoms with E-state index in [2.05, 4.69) is 15.3 Å². The van der Waals surface area contributed by atoms with Crippen molar-refractivity contribution >= 4 is 0 Å². The summed E-state index contributed by atoms with van der Waals surface area (Å²) in [7, 11) is 0. The second-order valence-corrected chi connectivity index (χ2v) is 5.44. The first kappa shape index (κ1) is 13.2. The smallest absolute Gasteiger partial charge is 0.159 e. The lowest BCUT2D eigenvalue weighted by atomic mass is 10.1. The predicted octanol–water partition coefficient (Wildman–Crippen LogP) is 3.15. The summed E-state index contributed by atoms with van der Waals surface area (Å²) in [6.07, 6.45) is 2.52. The van der Waals surface area contributed by atoms with E-state index in [-0.39, 0.29) is 5.82 Å². The van der Waals surface area contributed by atoms with Crippen LogP contribution in [0.2, 0.25) is 0 Å². The number of halogens is 1. The Bertz CT molecular complexity index is 636. The first-order chi connectivity index (χ1) is 9.61. The minimum atomic E-state index is -0.197. The standard InChI is InChI=1S/C16H18FN3/c1-10-7-12(3-6-15(10)17)16-19-11(2)8-14(20-16)9-18-13-4-5-13/h3,6-8,13,18H,4-5,9H2,1-2H3. The van der Waals surface area contributed by atoms with Gasteiger partial charge in [-0.1, -0.05) is 0 Å². The Morgan fingerprint density at radius 3 is 2.70 bits per heavy atom. The van der Waals surface area contributed by atoms with Gasteiger partial charge in [-0.2, -0.15) is 0 Å². The molecule has 3 rings (SSSR count). The van der Waals surface area contributed by atoms with Gasteiger partial charge in [-0.15, -0.1) is 0 Å². The Morgan fingerprint density at radius 2 is 2.00 bits per heavy atom. The van der Waals surface area contributed by atoms with Gasteiger partial charge in [-0.3, -0.25) is 0 Å². The first-order valence-corrected chi connectivity index (χ1v) is 6.96. The lowest BCUT2D eigenvalue weighted by Crippen LogP contribution is -2.16. The molecule has 0 saturated heterocycles. The lowest BCUT2D eigenvalue weighted by molar-refractivity contribution is 0.618. The van der Waals surface area contributed by atoms with Crippen LogP contribution in [0.15, 0.2) is 24.3 Å². The van der Waals surface area contributed by atoms with E-state index in [0.717, 1.165) is 23.5 Å². The molecule has 0 atom stereocenters. The number of aryl methyl sites for hydroxylation is 2. The van der Waals surface area contributed by atoms with E-state index in [1.54, 1.807) is 19.1 Å². The zero-order valence-electron chi connectivity index (χ0n) is 11.8. The molecule has 2 aromatic rings. The van der Waals surface area contributed by atoms with E-state index in [9.17, 15) is 4.39 Å². The largest absolute Gasteiger partial charge is 0.308 e.